The van der Waals surface area contributed by atoms with E-state index in [9.17, 15) is 16.8 Å². The first kappa shape index (κ1) is 30.9. The Kier molecular flexibility index (Phi) is 9.35. The molecule has 0 unspecified atom stereocenters. The molecule has 2 fully saturated rings. The Morgan fingerprint density at radius 2 is 1.07 bits per heavy atom. The minimum Gasteiger partial charge on any atom is -0.495 e. The lowest BCUT2D eigenvalue weighted by Gasteiger charge is -2.36. The number of para-hydroxylation sites is 4. The number of hydrogen-bond donors (Lipinski definition) is 0. The van der Waals surface area contributed by atoms with Gasteiger partial charge < -0.3 is 24.0 Å². The molecule has 0 radical (unpaired) electrons. The van der Waals surface area contributed by atoms with Crippen LogP contribution in [0.1, 0.15) is 6.92 Å². The van der Waals surface area contributed by atoms with E-state index in [1.54, 1.807) is 21.1 Å². The number of hydrogen-bond acceptors (Lipinski definition) is 9. The van der Waals surface area contributed by atoms with Crippen molar-refractivity contribution in [3.05, 3.63) is 66.7 Å². The Morgan fingerprint density at radius 1 is 0.605 bits per heavy atom. The number of methoxy groups -OCH3 is 2. The Morgan fingerprint density at radius 3 is 1.53 bits per heavy atom. The molecule has 3 aromatic carbocycles. The first-order valence-electron chi connectivity index (χ1n) is 14.2. The summed E-state index contributed by atoms with van der Waals surface area (Å²) in [7, 11) is -4.81. The molecular weight excluding hydrogens is 592 g/mol. The molecular formula is C30H38N4O7S2. The van der Waals surface area contributed by atoms with Gasteiger partial charge in [0.05, 0.1) is 37.1 Å². The van der Waals surface area contributed by atoms with Crippen LogP contribution in [0, 0.1) is 0 Å². The van der Waals surface area contributed by atoms with Crippen LogP contribution < -0.4 is 24.0 Å². The van der Waals surface area contributed by atoms with Crippen LogP contribution >= 0.6 is 0 Å². The molecule has 2 heterocycles. The van der Waals surface area contributed by atoms with Gasteiger partial charge in [0.15, 0.2) is 0 Å². The first-order chi connectivity index (χ1) is 20.7. The topological polar surface area (TPSA) is 109 Å². The number of rotatable bonds is 10. The van der Waals surface area contributed by atoms with E-state index >= 15 is 0 Å². The fourth-order valence-electron chi connectivity index (χ4n) is 5.53. The Balaban J connectivity index is 1.35. The van der Waals surface area contributed by atoms with E-state index in [1.165, 1.54) is 26.8 Å². The van der Waals surface area contributed by atoms with Crippen LogP contribution in [-0.4, -0.2) is 98.6 Å². The maximum absolute atomic E-state index is 13.9. The van der Waals surface area contributed by atoms with E-state index in [-0.39, 0.29) is 48.3 Å². The third-order valence-electron chi connectivity index (χ3n) is 7.80. The second kappa shape index (κ2) is 13.0. The van der Waals surface area contributed by atoms with Crippen molar-refractivity contribution in [3.63, 3.8) is 0 Å². The highest BCUT2D eigenvalue weighted by Gasteiger charge is 2.35. The van der Waals surface area contributed by atoms with Gasteiger partial charge in [-0.25, -0.2) is 16.8 Å². The second-order valence-corrected chi connectivity index (χ2v) is 14.0. The molecule has 0 aromatic heterocycles. The van der Waals surface area contributed by atoms with Gasteiger partial charge >= 0.3 is 0 Å². The summed E-state index contributed by atoms with van der Waals surface area (Å²) in [4.78, 5) is 3.95. The summed E-state index contributed by atoms with van der Waals surface area (Å²) in [6.07, 6.45) is 0. The van der Waals surface area contributed by atoms with E-state index in [0.717, 1.165) is 22.9 Å². The van der Waals surface area contributed by atoms with Gasteiger partial charge in [-0.05, 0) is 49.4 Å². The number of benzene rings is 3. The number of nitrogens with zero attached hydrogens (tertiary/aromatic N) is 4. The minimum atomic E-state index is -4.06. The number of ether oxygens (including phenoxy) is 3. The van der Waals surface area contributed by atoms with Gasteiger partial charge in [0.25, 0.3) is 0 Å². The summed E-state index contributed by atoms with van der Waals surface area (Å²) >= 11 is 0. The number of sulfonamides is 2. The quantitative estimate of drug-likeness (QED) is 0.334. The minimum absolute atomic E-state index is 0.0760. The summed E-state index contributed by atoms with van der Waals surface area (Å²) in [6.45, 7) is 4.81. The van der Waals surface area contributed by atoms with Gasteiger partial charge in [0, 0.05) is 52.4 Å². The van der Waals surface area contributed by atoms with Crippen molar-refractivity contribution < 1.29 is 31.0 Å². The highest BCUT2D eigenvalue weighted by atomic mass is 32.2. The Labute approximate surface area is 254 Å². The number of piperazine rings is 2. The van der Waals surface area contributed by atoms with Crippen LogP contribution in [0.25, 0.3) is 0 Å². The summed E-state index contributed by atoms with van der Waals surface area (Å²) in [5.74, 6) is 1.58. The number of anilines is 2. The second-order valence-electron chi connectivity index (χ2n) is 10.2. The van der Waals surface area contributed by atoms with Crippen molar-refractivity contribution in [2.75, 3.05) is 83.0 Å². The Bertz CT molecular complexity index is 1630. The smallest absolute Gasteiger partial charge is 0.246 e. The zero-order valence-corrected chi connectivity index (χ0v) is 26.3. The van der Waals surface area contributed by atoms with Crippen molar-refractivity contribution in [1.82, 2.24) is 8.61 Å². The van der Waals surface area contributed by atoms with Crippen LogP contribution in [0.3, 0.4) is 0 Å². The van der Waals surface area contributed by atoms with Gasteiger partial charge in [-0.15, -0.1) is 0 Å². The maximum atomic E-state index is 13.9. The zero-order valence-electron chi connectivity index (χ0n) is 24.7. The molecule has 13 heteroatoms. The summed E-state index contributed by atoms with van der Waals surface area (Å²) in [5.41, 5.74) is 1.80. The average Bonchev–Trinajstić information content (AvgIpc) is 3.05. The van der Waals surface area contributed by atoms with Gasteiger partial charge in [-0.1, -0.05) is 24.3 Å². The Hall–Kier alpha value is -3.52. The van der Waals surface area contributed by atoms with Crippen molar-refractivity contribution in [2.24, 2.45) is 0 Å². The van der Waals surface area contributed by atoms with Crippen LogP contribution in [-0.2, 0) is 20.0 Å². The van der Waals surface area contributed by atoms with Crippen LogP contribution in [0.2, 0.25) is 0 Å². The van der Waals surface area contributed by atoms with Crippen molar-refractivity contribution in [2.45, 2.75) is 16.7 Å². The third-order valence-corrected chi connectivity index (χ3v) is 11.6. The van der Waals surface area contributed by atoms with E-state index in [1.807, 2.05) is 48.5 Å². The van der Waals surface area contributed by atoms with Crippen LogP contribution in [0.15, 0.2) is 76.5 Å². The third kappa shape index (κ3) is 6.26. The van der Waals surface area contributed by atoms with Gasteiger partial charge in [-0.3, -0.25) is 0 Å². The van der Waals surface area contributed by atoms with Gasteiger partial charge in [-0.2, -0.15) is 8.61 Å². The standard InChI is InChI=1S/C30H38N4O7S2/c1-4-41-29-14-13-24(42(35,36)33-19-15-31(16-20-33)25-9-5-7-11-27(25)39-2)23-30(29)43(37,38)34-21-17-32(18-22-34)26-10-6-8-12-28(26)40-3/h5-14,23H,4,15-22H2,1-3H3. The molecule has 0 spiro atoms. The largest absolute Gasteiger partial charge is 0.495 e. The van der Waals surface area contributed by atoms with Crippen LogP contribution in [0.4, 0.5) is 11.4 Å². The SMILES string of the molecule is CCOc1ccc(S(=O)(=O)N2CCN(c3ccccc3OC)CC2)cc1S(=O)(=O)N1CCN(c2ccccc2OC)CC1. The molecule has 43 heavy (non-hydrogen) atoms. The lowest BCUT2D eigenvalue weighted by molar-refractivity contribution is 0.326. The summed E-state index contributed by atoms with van der Waals surface area (Å²) in [6, 6.07) is 19.4. The molecule has 232 valence electrons. The normalized spacial score (nSPS) is 17.1. The highest BCUT2D eigenvalue weighted by Crippen LogP contribution is 2.34. The maximum Gasteiger partial charge on any atom is 0.246 e. The van der Waals surface area contributed by atoms with Crippen molar-refractivity contribution in [3.8, 4) is 17.2 Å². The lowest BCUT2D eigenvalue weighted by Crippen LogP contribution is -2.49. The summed E-state index contributed by atoms with van der Waals surface area (Å²) in [5, 5.41) is 0. The van der Waals surface area contributed by atoms with E-state index in [4.69, 9.17) is 14.2 Å². The van der Waals surface area contributed by atoms with Crippen LogP contribution in [0.5, 0.6) is 17.2 Å². The predicted molar refractivity (Wildman–Crippen MR) is 166 cm³/mol. The molecule has 3 aromatic rings. The average molecular weight is 631 g/mol. The first-order valence-corrected chi connectivity index (χ1v) is 17.1. The molecule has 0 amide bonds. The molecule has 2 aliphatic heterocycles. The summed E-state index contributed by atoms with van der Waals surface area (Å²) < 4.78 is 74.8. The molecule has 2 aliphatic rings. The van der Waals surface area contributed by atoms with E-state index < -0.39 is 20.0 Å². The fourth-order valence-corrected chi connectivity index (χ4v) is 8.64. The molecule has 2 saturated heterocycles. The molecule has 0 bridgehead atoms. The van der Waals surface area contributed by atoms with E-state index in [2.05, 4.69) is 9.80 Å². The molecule has 0 N–H and O–H groups in total. The monoisotopic (exact) mass is 630 g/mol. The van der Waals surface area contributed by atoms with Crippen molar-refractivity contribution in [1.29, 1.82) is 0 Å². The predicted octanol–water partition coefficient (Wildman–Crippen LogP) is 3.12. The molecule has 5 rings (SSSR count). The van der Waals surface area contributed by atoms with Crippen molar-refractivity contribution >= 4 is 31.4 Å². The molecule has 11 nitrogen and oxygen atoms in total. The van der Waals surface area contributed by atoms with Gasteiger partial charge in [0.2, 0.25) is 20.0 Å². The molecule has 0 saturated carbocycles. The highest BCUT2D eigenvalue weighted by molar-refractivity contribution is 7.90. The van der Waals surface area contributed by atoms with Gasteiger partial charge in [0.1, 0.15) is 22.1 Å². The zero-order chi connectivity index (χ0) is 30.6. The lowest BCUT2D eigenvalue weighted by atomic mass is 10.2. The molecule has 0 aliphatic carbocycles. The van der Waals surface area contributed by atoms with E-state index in [0.29, 0.717) is 26.2 Å². The molecule has 0 atom stereocenters. The fraction of sp³-hybridized carbons (Fsp3) is 0.400.